The van der Waals surface area contributed by atoms with Crippen molar-refractivity contribution in [2.24, 2.45) is 0 Å². The number of halogens is 4. The van der Waals surface area contributed by atoms with Gasteiger partial charge >= 0.3 is 6.18 Å². The molecule has 1 atom stereocenters. The highest BCUT2D eigenvalue weighted by atomic mass is 35.5. The van der Waals surface area contributed by atoms with Gasteiger partial charge in [0.25, 0.3) is 0 Å². The molecule has 164 valence electrons. The third-order valence-corrected chi connectivity index (χ3v) is 5.49. The molecule has 1 saturated heterocycles. The van der Waals surface area contributed by atoms with Crippen molar-refractivity contribution in [3.05, 3.63) is 65.2 Å². The number of likely N-dealkylation sites (tertiary alicyclic amines) is 1. The van der Waals surface area contributed by atoms with Gasteiger partial charge in [-0.2, -0.15) is 13.2 Å². The molecular formula is C22H27ClF3N3O. The van der Waals surface area contributed by atoms with Crippen LogP contribution < -0.4 is 5.73 Å². The Labute approximate surface area is 181 Å². The third kappa shape index (κ3) is 5.89. The average molecular weight is 442 g/mol. The van der Waals surface area contributed by atoms with Crippen molar-refractivity contribution >= 4 is 24.0 Å². The summed E-state index contributed by atoms with van der Waals surface area (Å²) in [5, 5.41) is 0. The van der Waals surface area contributed by atoms with Crippen molar-refractivity contribution in [2.75, 3.05) is 32.4 Å². The molecule has 2 N–H and O–H groups in total. The molecule has 4 nitrogen and oxygen atoms in total. The number of amides is 1. The van der Waals surface area contributed by atoms with E-state index in [1.54, 1.807) is 11.9 Å². The van der Waals surface area contributed by atoms with Crippen LogP contribution in [0.4, 0.5) is 18.9 Å². The van der Waals surface area contributed by atoms with Crippen molar-refractivity contribution in [1.29, 1.82) is 0 Å². The normalized spacial score (nSPS) is 15.5. The summed E-state index contributed by atoms with van der Waals surface area (Å²) in [6.07, 6.45) is -2.19. The summed E-state index contributed by atoms with van der Waals surface area (Å²) in [6, 6.07) is 12.8. The van der Waals surface area contributed by atoms with Gasteiger partial charge in [0.05, 0.1) is 18.0 Å². The Morgan fingerprint density at radius 1 is 1.13 bits per heavy atom. The first kappa shape index (κ1) is 24.0. The number of nitrogen functional groups attached to an aromatic ring is 1. The van der Waals surface area contributed by atoms with E-state index in [4.69, 9.17) is 5.73 Å². The van der Waals surface area contributed by atoms with Crippen molar-refractivity contribution in [1.82, 2.24) is 9.80 Å². The van der Waals surface area contributed by atoms with E-state index in [1.165, 1.54) is 6.07 Å². The van der Waals surface area contributed by atoms with E-state index in [9.17, 15) is 18.0 Å². The first-order valence-corrected chi connectivity index (χ1v) is 9.74. The highest BCUT2D eigenvalue weighted by molar-refractivity contribution is 5.85. The van der Waals surface area contributed by atoms with E-state index in [0.29, 0.717) is 5.56 Å². The molecule has 3 rings (SSSR count). The van der Waals surface area contributed by atoms with Crippen LogP contribution in [0.5, 0.6) is 0 Å². The molecule has 0 aliphatic carbocycles. The second-order valence-electron chi connectivity index (χ2n) is 7.53. The number of anilines is 1. The van der Waals surface area contributed by atoms with Crippen LogP contribution >= 0.6 is 12.4 Å². The highest BCUT2D eigenvalue weighted by Gasteiger charge is 2.31. The molecule has 0 aromatic heterocycles. The van der Waals surface area contributed by atoms with E-state index in [1.807, 2.05) is 30.3 Å². The maximum absolute atomic E-state index is 13.0. The third-order valence-electron chi connectivity index (χ3n) is 5.49. The molecule has 2 aromatic carbocycles. The molecule has 2 aromatic rings. The molecule has 8 heteroatoms. The number of benzene rings is 2. The Balaban J connectivity index is 0.00000320. The summed E-state index contributed by atoms with van der Waals surface area (Å²) in [5.74, 6) is -0.176. The quantitative estimate of drug-likeness (QED) is 0.669. The topological polar surface area (TPSA) is 49.6 Å². The highest BCUT2D eigenvalue weighted by Crippen LogP contribution is 2.32. The molecule has 0 radical (unpaired) electrons. The van der Waals surface area contributed by atoms with Gasteiger partial charge in [-0.05, 0) is 49.2 Å². The lowest BCUT2D eigenvalue weighted by atomic mass is 10.0. The number of likely N-dealkylation sites (N-methyl/N-ethyl adjacent to an activating group) is 1. The molecule has 0 spiro atoms. The first-order valence-electron chi connectivity index (χ1n) is 9.74. The SMILES string of the molecule is CN(C(=O)Cc1ccc(C(F)(F)F)cc1N)[C@H](CN1CCCC1)c1ccccc1.Cl. The van der Waals surface area contributed by atoms with Gasteiger partial charge in [-0.25, -0.2) is 0 Å². The predicted octanol–water partition coefficient (Wildman–Crippen LogP) is 4.55. The Hall–Kier alpha value is -2.25. The molecule has 1 aliphatic heterocycles. The van der Waals surface area contributed by atoms with E-state index < -0.39 is 11.7 Å². The van der Waals surface area contributed by atoms with E-state index in [2.05, 4.69) is 4.90 Å². The maximum Gasteiger partial charge on any atom is 0.416 e. The second-order valence-corrected chi connectivity index (χ2v) is 7.53. The minimum atomic E-state index is -4.46. The standard InChI is InChI=1S/C22H26F3N3O.ClH/c1-27(20(15-28-11-5-6-12-28)16-7-3-2-4-8-16)21(29)13-17-9-10-18(14-19(17)26)22(23,24)25;/h2-4,7-10,14,20H,5-6,11-13,15,26H2,1H3;1H/t20-;/m1./s1. The maximum atomic E-state index is 13.0. The Kier molecular flexibility index (Phi) is 8.15. The average Bonchev–Trinajstić information content (AvgIpc) is 3.20. The lowest BCUT2D eigenvalue weighted by molar-refractivity contribution is -0.137. The molecule has 30 heavy (non-hydrogen) atoms. The molecule has 1 amide bonds. The zero-order chi connectivity index (χ0) is 21.0. The smallest absolute Gasteiger partial charge is 0.398 e. The van der Waals surface area contributed by atoms with E-state index in [-0.39, 0.29) is 36.5 Å². The zero-order valence-corrected chi connectivity index (χ0v) is 17.7. The number of alkyl halides is 3. The molecule has 0 bridgehead atoms. The second kappa shape index (κ2) is 10.2. The lowest BCUT2D eigenvalue weighted by Crippen LogP contribution is -2.39. The lowest BCUT2D eigenvalue weighted by Gasteiger charge is -2.32. The number of rotatable bonds is 6. The van der Waals surface area contributed by atoms with Gasteiger partial charge in [0, 0.05) is 19.3 Å². The molecule has 0 saturated carbocycles. The number of hydrogen-bond donors (Lipinski definition) is 1. The van der Waals surface area contributed by atoms with Gasteiger partial charge in [0.15, 0.2) is 0 Å². The minimum Gasteiger partial charge on any atom is -0.398 e. The first-order chi connectivity index (χ1) is 13.8. The predicted molar refractivity (Wildman–Crippen MR) is 114 cm³/mol. The summed E-state index contributed by atoms with van der Waals surface area (Å²) < 4.78 is 38.5. The van der Waals surface area contributed by atoms with Gasteiger partial charge in [-0.1, -0.05) is 36.4 Å². The number of carbonyl (C=O) groups excluding carboxylic acids is 1. The van der Waals surface area contributed by atoms with Crippen LogP contribution in [-0.4, -0.2) is 42.4 Å². The van der Waals surface area contributed by atoms with Crippen LogP contribution in [0.1, 0.15) is 35.6 Å². The Bertz CT molecular complexity index is 839. The molecule has 1 aliphatic rings. The summed E-state index contributed by atoms with van der Waals surface area (Å²) in [6.45, 7) is 2.75. The molecule has 0 unspecified atom stereocenters. The number of nitrogens with two attached hydrogens (primary N) is 1. The zero-order valence-electron chi connectivity index (χ0n) is 16.9. The fourth-order valence-corrected chi connectivity index (χ4v) is 3.73. The van der Waals surface area contributed by atoms with Gasteiger partial charge in [0.1, 0.15) is 0 Å². The van der Waals surface area contributed by atoms with Crippen molar-refractivity contribution in [3.63, 3.8) is 0 Å². The number of carbonyl (C=O) groups is 1. The number of hydrogen-bond acceptors (Lipinski definition) is 3. The summed E-state index contributed by atoms with van der Waals surface area (Å²) in [7, 11) is 1.75. The van der Waals surface area contributed by atoms with E-state index in [0.717, 1.165) is 50.2 Å². The Morgan fingerprint density at radius 3 is 2.33 bits per heavy atom. The molecular weight excluding hydrogens is 415 g/mol. The summed E-state index contributed by atoms with van der Waals surface area (Å²) in [4.78, 5) is 17.0. The van der Waals surface area contributed by atoms with Crippen molar-refractivity contribution < 1.29 is 18.0 Å². The monoisotopic (exact) mass is 441 g/mol. The van der Waals surface area contributed by atoms with Crippen LogP contribution in [0.15, 0.2) is 48.5 Å². The number of nitrogens with zero attached hydrogens (tertiary/aromatic N) is 2. The molecule has 1 fully saturated rings. The molecule has 1 heterocycles. The van der Waals surface area contributed by atoms with Crippen LogP contribution in [0.2, 0.25) is 0 Å². The fourth-order valence-electron chi connectivity index (χ4n) is 3.73. The van der Waals surface area contributed by atoms with Gasteiger partial charge in [-0.3, -0.25) is 4.79 Å². The summed E-state index contributed by atoms with van der Waals surface area (Å²) >= 11 is 0. The van der Waals surface area contributed by atoms with E-state index >= 15 is 0 Å². The van der Waals surface area contributed by atoms with Crippen LogP contribution in [0.25, 0.3) is 0 Å². The summed E-state index contributed by atoms with van der Waals surface area (Å²) in [5.41, 5.74) is 6.42. The van der Waals surface area contributed by atoms with Gasteiger partial charge in [0.2, 0.25) is 5.91 Å². The van der Waals surface area contributed by atoms with Gasteiger partial charge in [-0.15, -0.1) is 12.4 Å². The van der Waals surface area contributed by atoms with Gasteiger partial charge < -0.3 is 15.5 Å². The van der Waals surface area contributed by atoms with Crippen LogP contribution in [0.3, 0.4) is 0 Å². The largest absolute Gasteiger partial charge is 0.416 e. The van der Waals surface area contributed by atoms with Crippen molar-refractivity contribution in [3.8, 4) is 0 Å². The van der Waals surface area contributed by atoms with Crippen LogP contribution in [-0.2, 0) is 17.4 Å². The Morgan fingerprint density at radius 2 is 1.77 bits per heavy atom. The fraction of sp³-hybridized carbons (Fsp3) is 0.409. The minimum absolute atomic E-state index is 0. The van der Waals surface area contributed by atoms with Crippen molar-refractivity contribution in [2.45, 2.75) is 31.5 Å². The van der Waals surface area contributed by atoms with Crippen LogP contribution in [0, 0.1) is 0 Å².